The number of carboxylic acid groups (broad SMARTS) is 1. The molecule has 0 aliphatic carbocycles. The van der Waals surface area contributed by atoms with Crippen molar-refractivity contribution in [2.75, 3.05) is 18.8 Å². The Bertz CT molecular complexity index is 397. The minimum Gasteiger partial charge on any atom is -0.481 e. The molecule has 6 nitrogen and oxygen atoms in total. The number of hydrogen-bond acceptors (Lipinski definition) is 4. The number of aliphatic carboxylic acids is 1. The van der Waals surface area contributed by atoms with Gasteiger partial charge < -0.3 is 5.11 Å². The van der Waals surface area contributed by atoms with Crippen LogP contribution < -0.4 is 0 Å². The molecule has 0 saturated carbocycles. The van der Waals surface area contributed by atoms with Gasteiger partial charge in [0.05, 0.1) is 12.0 Å². The molecule has 0 amide bonds. The van der Waals surface area contributed by atoms with Crippen molar-refractivity contribution in [1.29, 1.82) is 5.26 Å². The average Bonchev–Trinajstić information content (AvgIpc) is 2.47. The Morgan fingerprint density at radius 3 is 2.60 bits per heavy atom. The highest BCUT2D eigenvalue weighted by atomic mass is 32.2. The van der Waals surface area contributed by atoms with Crippen LogP contribution in [0.2, 0.25) is 0 Å². The van der Waals surface area contributed by atoms with Gasteiger partial charge >= 0.3 is 5.97 Å². The summed E-state index contributed by atoms with van der Waals surface area (Å²) >= 11 is 0. The third kappa shape index (κ3) is 2.46. The SMILES string of the molecule is C[C@@H]1CN(S(=O)(=O)CC#N)C[C@H]1C(=O)O. The lowest BCUT2D eigenvalue weighted by molar-refractivity contribution is -0.142. The first kappa shape index (κ1) is 11.9. The lowest BCUT2D eigenvalue weighted by atomic mass is 9.99. The second kappa shape index (κ2) is 4.16. The van der Waals surface area contributed by atoms with E-state index in [9.17, 15) is 13.2 Å². The number of hydrogen-bond donors (Lipinski definition) is 1. The number of nitriles is 1. The molecule has 0 aromatic rings. The predicted octanol–water partition coefficient (Wildman–Crippen LogP) is -0.508. The van der Waals surface area contributed by atoms with Gasteiger partial charge in [-0.2, -0.15) is 9.57 Å². The first-order chi connectivity index (χ1) is 6.88. The zero-order valence-corrected chi connectivity index (χ0v) is 9.07. The maximum Gasteiger partial charge on any atom is 0.308 e. The molecule has 1 rings (SSSR count). The van der Waals surface area contributed by atoms with Crippen molar-refractivity contribution < 1.29 is 18.3 Å². The molecule has 1 saturated heterocycles. The van der Waals surface area contributed by atoms with Crippen LogP contribution in [0.25, 0.3) is 0 Å². The molecule has 15 heavy (non-hydrogen) atoms. The summed E-state index contributed by atoms with van der Waals surface area (Å²) in [7, 11) is -3.60. The van der Waals surface area contributed by atoms with Crippen molar-refractivity contribution in [1.82, 2.24) is 4.31 Å². The van der Waals surface area contributed by atoms with Crippen LogP contribution in [-0.2, 0) is 14.8 Å². The Labute approximate surface area is 88.2 Å². The van der Waals surface area contributed by atoms with E-state index in [2.05, 4.69) is 0 Å². The molecule has 1 N–H and O–H groups in total. The van der Waals surface area contributed by atoms with E-state index in [0.717, 1.165) is 4.31 Å². The Balaban J connectivity index is 2.79. The van der Waals surface area contributed by atoms with Crippen molar-refractivity contribution in [3.8, 4) is 6.07 Å². The molecule has 1 heterocycles. The Morgan fingerprint density at radius 2 is 2.20 bits per heavy atom. The minimum atomic E-state index is -3.60. The van der Waals surface area contributed by atoms with Gasteiger partial charge in [0.2, 0.25) is 10.0 Å². The topological polar surface area (TPSA) is 98.5 Å². The zero-order valence-electron chi connectivity index (χ0n) is 8.25. The number of sulfonamides is 1. The van der Waals surface area contributed by atoms with Gasteiger partial charge in [-0.05, 0) is 5.92 Å². The van der Waals surface area contributed by atoms with E-state index in [1.54, 1.807) is 13.0 Å². The Kier molecular flexibility index (Phi) is 3.31. The zero-order chi connectivity index (χ0) is 11.6. The molecule has 0 spiro atoms. The van der Waals surface area contributed by atoms with Crippen LogP contribution in [0, 0.1) is 23.2 Å². The summed E-state index contributed by atoms with van der Waals surface area (Å²) < 4.78 is 24.0. The lowest BCUT2D eigenvalue weighted by Gasteiger charge is -2.12. The van der Waals surface area contributed by atoms with Crippen molar-refractivity contribution in [2.24, 2.45) is 11.8 Å². The van der Waals surface area contributed by atoms with Gasteiger partial charge in [-0.25, -0.2) is 8.42 Å². The van der Waals surface area contributed by atoms with Crippen LogP contribution in [0.15, 0.2) is 0 Å². The predicted molar refractivity (Wildman–Crippen MR) is 51.3 cm³/mol. The highest BCUT2D eigenvalue weighted by Gasteiger charge is 2.39. The Morgan fingerprint density at radius 1 is 1.60 bits per heavy atom. The first-order valence-electron chi connectivity index (χ1n) is 4.46. The molecule has 0 aromatic carbocycles. The molecule has 0 unspecified atom stereocenters. The number of carbonyl (C=O) groups is 1. The van der Waals surface area contributed by atoms with Crippen LogP contribution in [0.4, 0.5) is 0 Å². The van der Waals surface area contributed by atoms with Crippen molar-refractivity contribution in [3.05, 3.63) is 0 Å². The van der Waals surface area contributed by atoms with E-state index in [1.807, 2.05) is 0 Å². The smallest absolute Gasteiger partial charge is 0.308 e. The van der Waals surface area contributed by atoms with Crippen LogP contribution in [0.5, 0.6) is 0 Å². The number of rotatable bonds is 3. The molecule has 1 aliphatic heterocycles. The molecular weight excluding hydrogens is 220 g/mol. The molecule has 1 aliphatic rings. The number of carboxylic acids is 1. The molecule has 1 fully saturated rings. The van der Waals surface area contributed by atoms with Crippen LogP contribution in [-0.4, -0.2) is 42.6 Å². The third-order valence-corrected chi connectivity index (χ3v) is 4.12. The second-order valence-corrected chi connectivity index (χ2v) is 5.62. The van der Waals surface area contributed by atoms with Gasteiger partial charge in [-0.15, -0.1) is 0 Å². The minimum absolute atomic E-state index is 0.0273. The van der Waals surface area contributed by atoms with E-state index in [0.29, 0.717) is 0 Å². The third-order valence-electron chi connectivity index (χ3n) is 2.54. The molecule has 0 bridgehead atoms. The first-order valence-corrected chi connectivity index (χ1v) is 6.07. The van der Waals surface area contributed by atoms with E-state index in [-0.39, 0.29) is 19.0 Å². The fourth-order valence-electron chi connectivity index (χ4n) is 1.64. The normalized spacial score (nSPS) is 27.5. The summed E-state index contributed by atoms with van der Waals surface area (Å²) in [5.41, 5.74) is 0. The number of nitrogens with zero attached hydrogens (tertiary/aromatic N) is 2. The molecule has 0 radical (unpaired) electrons. The summed E-state index contributed by atoms with van der Waals surface area (Å²) in [6.07, 6.45) is 0. The molecule has 0 aromatic heterocycles. The quantitative estimate of drug-likeness (QED) is 0.706. The standard InChI is InChI=1S/C8H12N2O4S/c1-6-4-10(5-7(6)8(11)12)15(13,14)3-2-9/h6-7H,3-5H2,1H3,(H,11,12)/t6-,7-/m1/s1. The van der Waals surface area contributed by atoms with Gasteiger partial charge in [-0.1, -0.05) is 6.92 Å². The summed E-state index contributed by atoms with van der Waals surface area (Å²) in [6, 6.07) is 1.57. The van der Waals surface area contributed by atoms with Crippen molar-refractivity contribution in [2.45, 2.75) is 6.92 Å². The van der Waals surface area contributed by atoms with Gasteiger partial charge in [0.15, 0.2) is 5.75 Å². The van der Waals surface area contributed by atoms with Gasteiger partial charge in [0.1, 0.15) is 0 Å². The summed E-state index contributed by atoms with van der Waals surface area (Å²) in [4.78, 5) is 10.8. The molecular formula is C8H12N2O4S. The average molecular weight is 232 g/mol. The second-order valence-electron chi connectivity index (χ2n) is 3.65. The molecule has 7 heteroatoms. The van der Waals surface area contributed by atoms with E-state index < -0.39 is 27.7 Å². The van der Waals surface area contributed by atoms with E-state index >= 15 is 0 Å². The van der Waals surface area contributed by atoms with E-state index in [4.69, 9.17) is 10.4 Å². The van der Waals surface area contributed by atoms with Crippen molar-refractivity contribution in [3.63, 3.8) is 0 Å². The monoisotopic (exact) mass is 232 g/mol. The van der Waals surface area contributed by atoms with Gasteiger partial charge in [0, 0.05) is 13.1 Å². The maximum atomic E-state index is 11.5. The van der Waals surface area contributed by atoms with Crippen LogP contribution >= 0.6 is 0 Å². The maximum absolute atomic E-state index is 11.5. The highest BCUT2D eigenvalue weighted by Crippen LogP contribution is 2.25. The fraction of sp³-hybridized carbons (Fsp3) is 0.750. The summed E-state index contributed by atoms with van der Waals surface area (Å²) in [6.45, 7) is 1.85. The summed E-state index contributed by atoms with van der Waals surface area (Å²) in [5.74, 6) is -2.46. The van der Waals surface area contributed by atoms with Gasteiger partial charge in [0.25, 0.3) is 0 Å². The highest BCUT2D eigenvalue weighted by molar-refractivity contribution is 7.89. The van der Waals surface area contributed by atoms with Crippen LogP contribution in [0.3, 0.4) is 0 Å². The van der Waals surface area contributed by atoms with Crippen LogP contribution in [0.1, 0.15) is 6.92 Å². The largest absolute Gasteiger partial charge is 0.481 e. The Hall–Kier alpha value is -1.13. The van der Waals surface area contributed by atoms with Gasteiger partial charge in [-0.3, -0.25) is 4.79 Å². The lowest BCUT2D eigenvalue weighted by Crippen LogP contribution is -2.31. The summed E-state index contributed by atoms with van der Waals surface area (Å²) in [5, 5.41) is 17.1. The van der Waals surface area contributed by atoms with Crippen molar-refractivity contribution >= 4 is 16.0 Å². The van der Waals surface area contributed by atoms with E-state index in [1.165, 1.54) is 0 Å². The fourth-order valence-corrected chi connectivity index (χ4v) is 2.84. The molecule has 2 atom stereocenters. The molecule has 84 valence electrons.